The number of aryl methyl sites for hydroxylation is 1. The van der Waals surface area contributed by atoms with Gasteiger partial charge in [0.05, 0.1) is 61.2 Å². The first-order valence-electron chi connectivity index (χ1n) is 10.3. The number of hydrogen-bond donors (Lipinski definition) is 1. The summed E-state index contributed by atoms with van der Waals surface area (Å²) in [7, 11) is 3.09. The number of methoxy groups -OCH3 is 2. The zero-order valence-corrected chi connectivity index (χ0v) is 19.1. The number of aliphatic hydroxyl groups is 1. The molecule has 0 aromatic carbocycles. The summed E-state index contributed by atoms with van der Waals surface area (Å²) >= 11 is 0. The Bertz CT molecular complexity index is 1190. The highest BCUT2D eigenvalue weighted by atomic mass is 16.5. The molecule has 1 aliphatic rings. The van der Waals surface area contributed by atoms with Crippen molar-refractivity contribution in [2.24, 2.45) is 0 Å². The maximum absolute atomic E-state index is 13.4. The van der Waals surface area contributed by atoms with E-state index in [-0.39, 0.29) is 5.91 Å². The zero-order valence-electron chi connectivity index (χ0n) is 19.1. The number of pyridine rings is 2. The van der Waals surface area contributed by atoms with Crippen molar-refractivity contribution in [2.75, 3.05) is 19.1 Å². The van der Waals surface area contributed by atoms with Crippen LogP contribution in [0.15, 0.2) is 30.7 Å². The summed E-state index contributed by atoms with van der Waals surface area (Å²) < 4.78 is 12.2. The van der Waals surface area contributed by atoms with Crippen LogP contribution < -0.4 is 14.4 Å². The normalized spacial score (nSPS) is 15.6. The topological polar surface area (TPSA) is 103 Å². The first-order valence-corrected chi connectivity index (χ1v) is 10.3. The molecular formula is C23H27N5O4. The standard InChI is InChI=1S/C23H27N5O4/c1-13-7-17(15-8-18(31-5)21(32-6)24-9-15)26-20-19(13)22(30)28(23(20,3)4)16-10-25-27(12-16)11-14(2)29/h7-10,12,14,29H,11H2,1-6H3. The third-order valence-corrected chi connectivity index (χ3v) is 5.63. The van der Waals surface area contributed by atoms with Gasteiger partial charge in [0.1, 0.15) is 0 Å². The first-order chi connectivity index (χ1) is 15.2. The lowest BCUT2D eigenvalue weighted by Gasteiger charge is -2.30. The fourth-order valence-electron chi connectivity index (χ4n) is 4.16. The molecule has 1 N–H and O–H groups in total. The van der Waals surface area contributed by atoms with Crippen molar-refractivity contribution in [1.82, 2.24) is 19.7 Å². The number of fused-ring (bicyclic) bond motifs is 1. The lowest BCUT2D eigenvalue weighted by molar-refractivity contribution is 0.0981. The molecule has 168 valence electrons. The van der Waals surface area contributed by atoms with E-state index in [1.165, 1.54) is 7.11 Å². The smallest absolute Gasteiger partial charge is 0.261 e. The molecule has 3 aromatic rings. The van der Waals surface area contributed by atoms with E-state index in [0.717, 1.165) is 11.1 Å². The monoisotopic (exact) mass is 437 g/mol. The molecule has 1 unspecified atom stereocenters. The Morgan fingerprint density at radius 1 is 1.19 bits per heavy atom. The zero-order chi connectivity index (χ0) is 23.2. The van der Waals surface area contributed by atoms with E-state index in [0.29, 0.717) is 40.8 Å². The van der Waals surface area contributed by atoms with Crippen molar-refractivity contribution >= 4 is 11.6 Å². The van der Waals surface area contributed by atoms with Crippen LogP contribution in [0.2, 0.25) is 0 Å². The Morgan fingerprint density at radius 2 is 1.94 bits per heavy atom. The molecule has 0 bridgehead atoms. The molecule has 32 heavy (non-hydrogen) atoms. The second-order valence-corrected chi connectivity index (χ2v) is 8.45. The Balaban J connectivity index is 1.78. The van der Waals surface area contributed by atoms with Crippen molar-refractivity contribution in [3.63, 3.8) is 0 Å². The summed E-state index contributed by atoms with van der Waals surface area (Å²) in [6.45, 7) is 7.88. The van der Waals surface area contributed by atoms with Gasteiger partial charge < -0.3 is 14.6 Å². The van der Waals surface area contributed by atoms with Crippen LogP contribution in [-0.4, -0.2) is 51.1 Å². The van der Waals surface area contributed by atoms with Gasteiger partial charge in [-0.05, 0) is 45.4 Å². The minimum absolute atomic E-state index is 0.122. The average Bonchev–Trinajstić information content (AvgIpc) is 3.26. The van der Waals surface area contributed by atoms with Crippen LogP contribution in [0.5, 0.6) is 11.6 Å². The maximum atomic E-state index is 13.4. The van der Waals surface area contributed by atoms with Gasteiger partial charge in [-0.2, -0.15) is 5.10 Å². The van der Waals surface area contributed by atoms with Gasteiger partial charge in [-0.3, -0.25) is 14.4 Å². The molecule has 0 saturated heterocycles. The van der Waals surface area contributed by atoms with E-state index in [1.54, 1.807) is 42.2 Å². The van der Waals surface area contributed by atoms with Gasteiger partial charge >= 0.3 is 0 Å². The number of hydrogen-bond acceptors (Lipinski definition) is 7. The van der Waals surface area contributed by atoms with Crippen LogP contribution in [0.3, 0.4) is 0 Å². The SMILES string of the molecule is COc1cc(-c2cc(C)c3c(n2)C(C)(C)N(c2cnn(CC(C)O)c2)C3=O)cnc1OC. The molecule has 1 aliphatic heterocycles. The fraction of sp³-hybridized carbons (Fsp3) is 0.391. The van der Waals surface area contributed by atoms with Gasteiger partial charge in [-0.1, -0.05) is 0 Å². The Hall–Kier alpha value is -3.46. The molecular weight excluding hydrogens is 410 g/mol. The fourth-order valence-corrected chi connectivity index (χ4v) is 4.16. The predicted octanol–water partition coefficient (Wildman–Crippen LogP) is 2.94. The van der Waals surface area contributed by atoms with E-state index in [1.807, 2.05) is 32.9 Å². The average molecular weight is 438 g/mol. The van der Waals surface area contributed by atoms with E-state index in [4.69, 9.17) is 14.5 Å². The van der Waals surface area contributed by atoms with Gasteiger partial charge in [0, 0.05) is 18.0 Å². The summed E-state index contributed by atoms with van der Waals surface area (Å²) in [5.41, 5.74) is 3.54. The molecule has 3 aromatic heterocycles. The van der Waals surface area contributed by atoms with Crippen LogP contribution in [-0.2, 0) is 12.1 Å². The van der Waals surface area contributed by atoms with Gasteiger partial charge in [0.2, 0.25) is 0 Å². The van der Waals surface area contributed by atoms with Crippen LogP contribution >= 0.6 is 0 Å². The molecule has 4 heterocycles. The molecule has 0 saturated carbocycles. The molecule has 9 nitrogen and oxygen atoms in total. The summed E-state index contributed by atoms with van der Waals surface area (Å²) in [6, 6.07) is 3.71. The van der Waals surface area contributed by atoms with Crippen molar-refractivity contribution in [2.45, 2.75) is 45.9 Å². The first kappa shape index (κ1) is 21.8. The summed E-state index contributed by atoms with van der Waals surface area (Å²) in [6.07, 6.45) is 4.55. The third kappa shape index (κ3) is 3.48. The second-order valence-electron chi connectivity index (χ2n) is 8.45. The Kier molecular flexibility index (Phi) is 5.37. The predicted molar refractivity (Wildman–Crippen MR) is 119 cm³/mol. The quantitative estimate of drug-likeness (QED) is 0.632. The molecule has 4 rings (SSSR count). The summed E-state index contributed by atoms with van der Waals surface area (Å²) in [4.78, 5) is 24.4. The Morgan fingerprint density at radius 3 is 2.59 bits per heavy atom. The number of rotatable bonds is 6. The van der Waals surface area contributed by atoms with Crippen LogP contribution in [0.1, 0.15) is 42.4 Å². The van der Waals surface area contributed by atoms with Crippen LogP contribution in [0, 0.1) is 6.92 Å². The largest absolute Gasteiger partial charge is 0.491 e. The van der Waals surface area contributed by atoms with E-state index < -0.39 is 11.6 Å². The number of carbonyl (C=O) groups excluding carboxylic acids is 1. The molecule has 1 atom stereocenters. The number of aliphatic hydroxyl groups excluding tert-OH is 1. The number of anilines is 1. The number of ether oxygens (including phenoxy) is 2. The van der Waals surface area contributed by atoms with Gasteiger partial charge in [0.25, 0.3) is 11.8 Å². The van der Waals surface area contributed by atoms with E-state index in [9.17, 15) is 9.90 Å². The summed E-state index contributed by atoms with van der Waals surface area (Å²) in [5, 5.41) is 13.9. The molecule has 0 fully saturated rings. The van der Waals surface area contributed by atoms with Gasteiger partial charge in [-0.25, -0.2) is 9.97 Å². The molecule has 0 aliphatic carbocycles. The molecule has 0 radical (unpaired) electrons. The van der Waals surface area contributed by atoms with Crippen LogP contribution in [0.4, 0.5) is 5.69 Å². The van der Waals surface area contributed by atoms with Gasteiger partial charge in [0.15, 0.2) is 5.75 Å². The molecule has 1 amide bonds. The highest BCUT2D eigenvalue weighted by Gasteiger charge is 2.47. The van der Waals surface area contributed by atoms with Crippen molar-refractivity contribution in [1.29, 1.82) is 0 Å². The molecule has 9 heteroatoms. The van der Waals surface area contributed by atoms with Crippen molar-refractivity contribution in [3.8, 4) is 22.9 Å². The highest BCUT2D eigenvalue weighted by molar-refractivity contribution is 6.12. The van der Waals surface area contributed by atoms with E-state index >= 15 is 0 Å². The minimum Gasteiger partial charge on any atom is -0.491 e. The van der Waals surface area contributed by atoms with Crippen LogP contribution in [0.25, 0.3) is 11.3 Å². The van der Waals surface area contributed by atoms with Crippen molar-refractivity contribution in [3.05, 3.63) is 47.5 Å². The van der Waals surface area contributed by atoms with Crippen molar-refractivity contribution < 1.29 is 19.4 Å². The third-order valence-electron chi connectivity index (χ3n) is 5.63. The number of nitrogens with zero attached hydrogens (tertiary/aromatic N) is 5. The lowest BCUT2D eigenvalue weighted by atomic mass is 9.96. The highest BCUT2D eigenvalue weighted by Crippen LogP contribution is 2.43. The summed E-state index contributed by atoms with van der Waals surface area (Å²) in [5.74, 6) is 0.779. The maximum Gasteiger partial charge on any atom is 0.261 e. The lowest BCUT2D eigenvalue weighted by Crippen LogP contribution is -2.39. The number of amides is 1. The Labute approximate surface area is 186 Å². The molecule has 0 spiro atoms. The number of carbonyl (C=O) groups is 1. The van der Waals surface area contributed by atoms with E-state index in [2.05, 4.69) is 10.1 Å². The number of aromatic nitrogens is 4. The minimum atomic E-state index is -0.699. The van der Waals surface area contributed by atoms with Gasteiger partial charge in [-0.15, -0.1) is 0 Å². The second kappa shape index (κ2) is 7.90.